The molecule has 2 fully saturated rings. The van der Waals surface area contributed by atoms with Crippen LogP contribution in [-0.2, 0) is 17.5 Å². The topological polar surface area (TPSA) is 61.8 Å². The number of piperazine rings is 1. The number of anilines is 1. The van der Waals surface area contributed by atoms with Crippen molar-refractivity contribution < 1.29 is 25.4 Å². The molecule has 1 aromatic carbocycles. The zero-order valence-electron chi connectivity index (χ0n) is 22.6. The molecular weight excluding hydrogens is 471 g/mol. The average molecular weight is 508 g/mol. The number of piperidine rings is 1. The molecular formula is C26H34F3N5O2. The Morgan fingerprint density at radius 2 is 1.83 bits per heavy atom. The number of aromatic nitrogens is 2. The number of nitrogens with zero attached hydrogens (tertiary/aromatic N) is 5. The Morgan fingerprint density at radius 1 is 1.11 bits per heavy atom. The second-order valence-electron chi connectivity index (χ2n) is 9.60. The summed E-state index contributed by atoms with van der Waals surface area (Å²) in [4.78, 5) is 25.6. The van der Waals surface area contributed by atoms with Gasteiger partial charge in [-0.15, -0.1) is 0 Å². The molecule has 196 valence electrons. The Hall–Kier alpha value is -2.88. The van der Waals surface area contributed by atoms with Crippen LogP contribution in [0.1, 0.15) is 47.1 Å². The molecule has 7 nitrogen and oxygen atoms in total. The van der Waals surface area contributed by atoms with E-state index in [9.17, 15) is 18.0 Å². The van der Waals surface area contributed by atoms with Crippen LogP contribution >= 0.6 is 0 Å². The van der Waals surface area contributed by atoms with Crippen molar-refractivity contribution in [1.82, 2.24) is 19.8 Å². The Bertz CT molecular complexity index is 1060. The summed E-state index contributed by atoms with van der Waals surface area (Å²) in [6.45, 7) is 4.49. The molecule has 3 heterocycles. The highest BCUT2D eigenvalue weighted by molar-refractivity contribution is 5.69. The molecule has 3 atom stereocenters. The molecule has 1 amide bonds. The van der Waals surface area contributed by atoms with Gasteiger partial charge >= 0.3 is 12.3 Å². The van der Waals surface area contributed by atoms with Gasteiger partial charge in [-0.05, 0) is 57.6 Å². The summed E-state index contributed by atoms with van der Waals surface area (Å²) < 4.78 is 61.0. The minimum absolute atomic E-state index is 0.120. The highest BCUT2D eigenvalue weighted by atomic mass is 19.4. The number of amides is 1. The van der Waals surface area contributed by atoms with Crippen molar-refractivity contribution in [3.8, 4) is 0 Å². The van der Waals surface area contributed by atoms with Crippen molar-refractivity contribution in [2.75, 3.05) is 37.6 Å². The van der Waals surface area contributed by atoms with Gasteiger partial charge in [0.2, 0.25) is 0 Å². The van der Waals surface area contributed by atoms with Crippen LogP contribution in [0.2, 0.25) is 0 Å². The van der Waals surface area contributed by atoms with E-state index in [2.05, 4.69) is 9.97 Å². The molecule has 2 aliphatic rings. The molecule has 0 saturated carbocycles. The standard InChI is InChI=1S/C26H34F3N5O2/c1-19-16-33(24-15-30-23(14-31-24)26(27,28)29)17-20(2)34(19)25(35)36-13-10-21-8-11-32(12-9-21)18-22-6-4-3-5-7-22/h3-7,14-15,19-21H,8-13,16-18H2,1-2H3/t19-,20+/i11D2/t19-,20+,21?. The zero-order chi connectivity index (χ0) is 27.5. The summed E-state index contributed by atoms with van der Waals surface area (Å²) in [6, 6.07) is 9.37. The Morgan fingerprint density at radius 3 is 2.44 bits per heavy atom. The van der Waals surface area contributed by atoms with Crippen molar-refractivity contribution in [2.45, 2.75) is 57.9 Å². The number of alkyl halides is 3. The van der Waals surface area contributed by atoms with E-state index in [-0.39, 0.29) is 24.6 Å². The molecule has 1 unspecified atom stereocenters. The largest absolute Gasteiger partial charge is 0.449 e. The van der Waals surface area contributed by atoms with Gasteiger partial charge in [-0.2, -0.15) is 13.2 Å². The number of carbonyl (C=O) groups is 1. The molecule has 2 saturated heterocycles. The van der Waals surface area contributed by atoms with Crippen LogP contribution in [0.5, 0.6) is 0 Å². The van der Waals surface area contributed by atoms with Crippen LogP contribution in [0.3, 0.4) is 0 Å². The molecule has 2 aliphatic heterocycles. The SMILES string of the molecule is [2H]C1([2H])CC(CCOC(=O)N2[C@H](C)CN(c3cnc(C(F)(F)F)cn3)C[C@@H]2C)CCN1Cc1ccccc1. The molecule has 0 N–H and O–H groups in total. The zero-order valence-corrected chi connectivity index (χ0v) is 20.6. The van der Waals surface area contributed by atoms with E-state index in [0.29, 0.717) is 44.8 Å². The van der Waals surface area contributed by atoms with Crippen molar-refractivity contribution in [3.05, 3.63) is 54.0 Å². The lowest BCUT2D eigenvalue weighted by Gasteiger charge is -2.44. The summed E-state index contributed by atoms with van der Waals surface area (Å²) in [5, 5.41) is 0. The van der Waals surface area contributed by atoms with Crippen molar-refractivity contribution >= 4 is 11.9 Å². The van der Waals surface area contributed by atoms with Gasteiger partial charge in [0.15, 0.2) is 5.69 Å². The van der Waals surface area contributed by atoms with Gasteiger partial charge in [0, 0.05) is 22.4 Å². The highest BCUT2D eigenvalue weighted by Gasteiger charge is 2.36. The molecule has 36 heavy (non-hydrogen) atoms. The van der Waals surface area contributed by atoms with Gasteiger partial charge in [0.25, 0.3) is 0 Å². The van der Waals surface area contributed by atoms with Crippen LogP contribution < -0.4 is 4.90 Å². The van der Waals surface area contributed by atoms with Gasteiger partial charge in [0.1, 0.15) is 5.82 Å². The lowest BCUT2D eigenvalue weighted by atomic mass is 9.93. The van der Waals surface area contributed by atoms with Crippen LogP contribution in [0.4, 0.5) is 23.8 Å². The van der Waals surface area contributed by atoms with E-state index in [1.54, 1.807) is 4.90 Å². The summed E-state index contributed by atoms with van der Waals surface area (Å²) in [5.41, 5.74) is 0.0389. The first-order valence-electron chi connectivity index (χ1n) is 13.3. The number of benzene rings is 1. The minimum atomic E-state index is -4.55. The first-order chi connectivity index (χ1) is 17.9. The van der Waals surface area contributed by atoms with Crippen LogP contribution in [0.25, 0.3) is 0 Å². The van der Waals surface area contributed by atoms with Gasteiger partial charge < -0.3 is 9.64 Å². The van der Waals surface area contributed by atoms with E-state index in [1.165, 1.54) is 0 Å². The summed E-state index contributed by atoms with van der Waals surface area (Å²) in [6.07, 6.45) is -1.33. The highest BCUT2D eigenvalue weighted by Crippen LogP contribution is 2.28. The normalized spacial score (nSPS) is 25.8. The van der Waals surface area contributed by atoms with Gasteiger partial charge in [-0.25, -0.2) is 14.8 Å². The van der Waals surface area contributed by atoms with E-state index < -0.39 is 24.5 Å². The number of halogens is 3. The van der Waals surface area contributed by atoms with Crippen LogP contribution in [0.15, 0.2) is 42.7 Å². The number of carbonyl (C=O) groups excluding carboxylic acids is 1. The quantitative estimate of drug-likeness (QED) is 0.558. The van der Waals surface area contributed by atoms with Crippen molar-refractivity contribution in [1.29, 1.82) is 0 Å². The predicted molar refractivity (Wildman–Crippen MR) is 130 cm³/mol. The summed E-state index contributed by atoms with van der Waals surface area (Å²) >= 11 is 0. The van der Waals surface area contributed by atoms with Crippen LogP contribution in [0, 0.1) is 5.92 Å². The molecule has 1 aromatic heterocycles. The minimum Gasteiger partial charge on any atom is -0.449 e. The molecule has 10 heteroatoms. The van der Waals surface area contributed by atoms with Gasteiger partial charge in [0.05, 0.1) is 31.1 Å². The fourth-order valence-electron chi connectivity index (χ4n) is 4.85. The second-order valence-corrected chi connectivity index (χ2v) is 9.60. The van der Waals surface area contributed by atoms with E-state index in [1.807, 2.05) is 54.0 Å². The second kappa shape index (κ2) is 11.5. The van der Waals surface area contributed by atoms with Gasteiger partial charge in [-0.1, -0.05) is 30.3 Å². The molecule has 0 spiro atoms. The Kier molecular flexibility index (Phi) is 7.48. The van der Waals surface area contributed by atoms with Gasteiger partial charge in [-0.3, -0.25) is 9.80 Å². The van der Waals surface area contributed by atoms with Crippen molar-refractivity contribution in [3.63, 3.8) is 0 Å². The van der Waals surface area contributed by atoms with E-state index in [0.717, 1.165) is 24.4 Å². The molecule has 0 radical (unpaired) electrons. The van der Waals surface area contributed by atoms with E-state index >= 15 is 0 Å². The number of hydrogen-bond acceptors (Lipinski definition) is 6. The molecule has 4 rings (SSSR count). The Labute approximate surface area is 213 Å². The van der Waals surface area contributed by atoms with Crippen molar-refractivity contribution in [2.24, 2.45) is 5.92 Å². The monoisotopic (exact) mass is 507 g/mol. The molecule has 2 aromatic rings. The average Bonchev–Trinajstić information content (AvgIpc) is 2.85. The number of ether oxygens (including phenoxy) is 1. The Balaban J connectivity index is 1.24. The summed E-state index contributed by atoms with van der Waals surface area (Å²) in [5.74, 6) is 0.451. The maximum atomic E-state index is 12.9. The third-order valence-corrected chi connectivity index (χ3v) is 6.76. The van der Waals surface area contributed by atoms with E-state index in [4.69, 9.17) is 7.48 Å². The maximum absolute atomic E-state index is 12.9. The molecule has 0 bridgehead atoms. The predicted octanol–water partition coefficient (Wildman–Crippen LogP) is 4.83. The number of likely N-dealkylation sites (tertiary alicyclic amines) is 1. The smallest absolute Gasteiger partial charge is 0.434 e. The lowest BCUT2D eigenvalue weighted by molar-refractivity contribution is -0.141. The first kappa shape index (κ1) is 23.5. The third kappa shape index (κ3) is 6.66. The summed E-state index contributed by atoms with van der Waals surface area (Å²) in [7, 11) is 0. The third-order valence-electron chi connectivity index (χ3n) is 6.76. The lowest BCUT2D eigenvalue weighted by Crippen LogP contribution is -2.59. The fraction of sp³-hybridized carbons (Fsp3) is 0.577. The maximum Gasteiger partial charge on any atom is 0.434 e. The number of rotatable bonds is 6. The fourth-order valence-corrected chi connectivity index (χ4v) is 4.85. The number of hydrogen-bond donors (Lipinski definition) is 0. The first-order valence-corrected chi connectivity index (χ1v) is 12.3. The van der Waals surface area contributed by atoms with Crippen LogP contribution in [-0.4, -0.2) is 70.7 Å². The molecule has 0 aliphatic carbocycles.